The van der Waals surface area contributed by atoms with Crippen molar-refractivity contribution in [3.05, 3.63) is 267 Å². The molecule has 0 atom stereocenters. The maximum absolute atomic E-state index is 2.42. The highest BCUT2D eigenvalue weighted by molar-refractivity contribution is 6.18. The van der Waals surface area contributed by atoms with Crippen LogP contribution < -0.4 is 4.90 Å². The number of aromatic nitrogens is 1. The zero-order chi connectivity index (χ0) is 43.8. The molecule has 0 saturated heterocycles. The van der Waals surface area contributed by atoms with E-state index >= 15 is 0 Å². The van der Waals surface area contributed by atoms with Crippen LogP contribution in [0, 0.1) is 0 Å². The number of para-hydroxylation sites is 1. The smallest absolute Gasteiger partial charge is 0.0547 e. The average Bonchev–Trinajstić information content (AvgIpc) is 3.72. The van der Waals surface area contributed by atoms with E-state index in [1.807, 2.05) is 0 Å². The van der Waals surface area contributed by atoms with Gasteiger partial charge in [-0.1, -0.05) is 188 Å². The Labute approximate surface area is 385 Å². The Bertz CT molecular complexity index is 3610. The van der Waals surface area contributed by atoms with E-state index in [1.54, 1.807) is 0 Å². The monoisotopic (exact) mass is 840 g/mol. The van der Waals surface area contributed by atoms with Crippen LogP contribution >= 0.6 is 0 Å². The van der Waals surface area contributed by atoms with Crippen LogP contribution in [0.2, 0.25) is 0 Å². The van der Waals surface area contributed by atoms with E-state index < -0.39 is 0 Å². The Morgan fingerprint density at radius 3 is 1.36 bits per heavy atom. The van der Waals surface area contributed by atoms with E-state index in [4.69, 9.17) is 0 Å². The molecule has 1 heterocycles. The number of hydrogen-bond acceptors (Lipinski definition) is 1. The first kappa shape index (κ1) is 38.9. The van der Waals surface area contributed by atoms with Crippen LogP contribution in [0.5, 0.6) is 0 Å². The molecule has 0 unspecified atom stereocenters. The van der Waals surface area contributed by atoms with E-state index in [9.17, 15) is 0 Å². The number of benzene rings is 11. The Hall–Kier alpha value is -8.72. The molecule has 66 heavy (non-hydrogen) atoms. The predicted octanol–water partition coefficient (Wildman–Crippen LogP) is 17.7. The third-order valence-corrected chi connectivity index (χ3v) is 12.9. The normalized spacial score (nSPS) is 11.3. The summed E-state index contributed by atoms with van der Waals surface area (Å²) in [7, 11) is 0. The first-order valence-corrected chi connectivity index (χ1v) is 22.7. The number of rotatable bonds is 9. The van der Waals surface area contributed by atoms with Crippen LogP contribution in [0.15, 0.2) is 267 Å². The summed E-state index contributed by atoms with van der Waals surface area (Å²) in [5, 5.41) is 4.94. The molecule has 0 bridgehead atoms. The third kappa shape index (κ3) is 7.21. The fourth-order valence-electron chi connectivity index (χ4n) is 9.76. The summed E-state index contributed by atoms with van der Waals surface area (Å²) in [6.45, 7) is 0. The highest BCUT2D eigenvalue weighted by Gasteiger charge is 2.20. The number of anilines is 3. The van der Waals surface area contributed by atoms with Crippen LogP contribution in [0.4, 0.5) is 17.1 Å². The topological polar surface area (TPSA) is 8.17 Å². The van der Waals surface area contributed by atoms with Gasteiger partial charge in [0.1, 0.15) is 0 Å². The zero-order valence-corrected chi connectivity index (χ0v) is 36.3. The lowest BCUT2D eigenvalue weighted by Gasteiger charge is -2.27. The van der Waals surface area contributed by atoms with Crippen molar-refractivity contribution in [3.8, 4) is 61.3 Å². The lowest BCUT2D eigenvalue weighted by atomic mass is 9.96. The highest BCUT2D eigenvalue weighted by Crippen LogP contribution is 2.44. The molecule has 2 nitrogen and oxygen atoms in total. The quantitative estimate of drug-likeness (QED) is 0.141. The summed E-state index contributed by atoms with van der Waals surface area (Å²) < 4.78 is 2.42. The lowest BCUT2D eigenvalue weighted by Crippen LogP contribution is -2.10. The van der Waals surface area contributed by atoms with Crippen LogP contribution in [0.25, 0.3) is 93.9 Å². The Kier molecular flexibility index (Phi) is 9.89. The summed E-state index contributed by atoms with van der Waals surface area (Å²) in [5.74, 6) is 0. The number of nitrogens with zero attached hydrogens (tertiary/aromatic N) is 2. The zero-order valence-electron chi connectivity index (χ0n) is 36.3. The Morgan fingerprint density at radius 2 is 0.727 bits per heavy atom. The van der Waals surface area contributed by atoms with Crippen LogP contribution in [-0.4, -0.2) is 4.57 Å². The molecule has 0 aliphatic heterocycles. The van der Waals surface area contributed by atoms with Gasteiger partial charge in [0.25, 0.3) is 0 Å². The molecule has 310 valence electrons. The van der Waals surface area contributed by atoms with Gasteiger partial charge >= 0.3 is 0 Å². The van der Waals surface area contributed by atoms with E-state index in [-0.39, 0.29) is 0 Å². The molecule has 12 rings (SSSR count). The van der Waals surface area contributed by atoms with Crippen molar-refractivity contribution in [1.82, 2.24) is 4.57 Å². The molecule has 1 aromatic heterocycles. The molecular formula is C64H44N2. The van der Waals surface area contributed by atoms with Crippen molar-refractivity contribution in [1.29, 1.82) is 0 Å². The van der Waals surface area contributed by atoms with Crippen molar-refractivity contribution < 1.29 is 0 Å². The third-order valence-electron chi connectivity index (χ3n) is 12.9. The SMILES string of the molecule is c1ccc(-c2cccc(-c3ccc(N(c4cc(-c5ccccc5)cc(-c5ccccc5)c4)c4cccc(-c5cccc6c5c5cc7ccccc7cc5n6-c5ccccc5)c4)cc3)c2)cc1. The van der Waals surface area contributed by atoms with E-state index in [1.165, 1.54) is 71.5 Å². The summed E-state index contributed by atoms with van der Waals surface area (Å²) in [5.41, 5.74) is 18.5. The molecule has 0 aliphatic rings. The molecule has 0 aliphatic carbocycles. The molecule has 11 aromatic carbocycles. The summed E-state index contributed by atoms with van der Waals surface area (Å²) in [6, 6.07) is 97.0. The Balaban J connectivity index is 1.05. The van der Waals surface area contributed by atoms with Crippen LogP contribution in [0.3, 0.4) is 0 Å². The maximum Gasteiger partial charge on any atom is 0.0547 e. The molecule has 0 radical (unpaired) electrons. The molecule has 0 spiro atoms. The second-order valence-electron chi connectivity index (χ2n) is 17.0. The molecular weight excluding hydrogens is 797 g/mol. The van der Waals surface area contributed by atoms with Crippen molar-refractivity contribution in [2.75, 3.05) is 4.90 Å². The van der Waals surface area contributed by atoms with Crippen molar-refractivity contribution >= 4 is 49.6 Å². The van der Waals surface area contributed by atoms with Gasteiger partial charge in [0.05, 0.1) is 11.0 Å². The first-order valence-electron chi connectivity index (χ1n) is 22.7. The highest BCUT2D eigenvalue weighted by atomic mass is 15.1. The summed E-state index contributed by atoms with van der Waals surface area (Å²) in [6.07, 6.45) is 0. The van der Waals surface area contributed by atoms with Crippen molar-refractivity contribution in [2.24, 2.45) is 0 Å². The minimum absolute atomic E-state index is 1.07. The van der Waals surface area contributed by atoms with Crippen LogP contribution in [-0.2, 0) is 0 Å². The molecule has 0 fully saturated rings. The fourth-order valence-corrected chi connectivity index (χ4v) is 9.76. The van der Waals surface area contributed by atoms with Gasteiger partial charge in [0.15, 0.2) is 0 Å². The van der Waals surface area contributed by atoms with Crippen molar-refractivity contribution in [3.63, 3.8) is 0 Å². The van der Waals surface area contributed by atoms with Gasteiger partial charge in [-0.2, -0.15) is 0 Å². The summed E-state index contributed by atoms with van der Waals surface area (Å²) in [4.78, 5) is 2.42. The molecule has 12 aromatic rings. The van der Waals surface area contributed by atoms with E-state index in [0.29, 0.717) is 0 Å². The standard InChI is InChI=1S/C64H44N2/c1-5-18-45(19-6-1)49-26-15-27-50(38-49)48-34-36-57(37-35-48)65(59-41-54(46-20-7-2-8-21-46)39-55(42-59)47-22-9-3-10-23-47)58-31-16-28-53(40-58)60-32-17-33-62-64(60)61-43-51-24-13-14-25-52(51)44-63(61)66(62)56-29-11-4-12-30-56/h1-44H. The molecule has 2 heteroatoms. The first-order chi connectivity index (χ1) is 32.7. The largest absolute Gasteiger partial charge is 0.310 e. The fraction of sp³-hybridized carbons (Fsp3) is 0. The maximum atomic E-state index is 2.42. The second-order valence-corrected chi connectivity index (χ2v) is 17.0. The average molecular weight is 841 g/mol. The van der Waals surface area contributed by atoms with Crippen molar-refractivity contribution in [2.45, 2.75) is 0 Å². The van der Waals surface area contributed by atoms with Gasteiger partial charge in [0, 0.05) is 33.5 Å². The molecule has 0 amide bonds. The Morgan fingerprint density at radius 1 is 0.258 bits per heavy atom. The minimum atomic E-state index is 1.07. The predicted molar refractivity (Wildman–Crippen MR) is 280 cm³/mol. The van der Waals surface area contributed by atoms with E-state index in [2.05, 4.69) is 276 Å². The second kappa shape index (κ2) is 16.8. The summed E-state index contributed by atoms with van der Waals surface area (Å²) >= 11 is 0. The molecule has 0 saturated carbocycles. The van der Waals surface area contributed by atoms with E-state index in [0.717, 1.165) is 39.4 Å². The minimum Gasteiger partial charge on any atom is -0.310 e. The van der Waals surface area contributed by atoms with Gasteiger partial charge in [-0.25, -0.2) is 0 Å². The van der Waals surface area contributed by atoms with Gasteiger partial charge in [-0.05, 0) is 145 Å². The van der Waals surface area contributed by atoms with Gasteiger partial charge < -0.3 is 9.47 Å². The van der Waals surface area contributed by atoms with Gasteiger partial charge in [0.2, 0.25) is 0 Å². The number of fused-ring (bicyclic) bond motifs is 4. The van der Waals surface area contributed by atoms with Gasteiger partial charge in [-0.3, -0.25) is 0 Å². The van der Waals surface area contributed by atoms with Gasteiger partial charge in [-0.15, -0.1) is 0 Å². The number of hydrogen-bond donors (Lipinski definition) is 0. The molecule has 0 N–H and O–H groups in total. The van der Waals surface area contributed by atoms with Crippen LogP contribution in [0.1, 0.15) is 0 Å². The lowest BCUT2D eigenvalue weighted by molar-refractivity contribution is 1.18.